The molecule has 0 unspecified atom stereocenters. The number of anilines is 1. The second-order valence-corrected chi connectivity index (χ2v) is 9.17. The second-order valence-electron chi connectivity index (χ2n) is 9.17. The number of hydrogen-bond donors (Lipinski definition) is 0. The lowest BCUT2D eigenvalue weighted by Gasteiger charge is -2.35. The van der Waals surface area contributed by atoms with Crippen LogP contribution in [0.4, 0.5) is 5.82 Å². The van der Waals surface area contributed by atoms with E-state index in [9.17, 15) is 4.79 Å². The minimum Gasteiger partial charge on any atom is -0.489 e. The minimum absolute atomic E-state index is 0.103. The Kier molecular flexibility index (Phi) is 6.40. The first-order valence-electron chi connectivity index (χ1n) is 12.1. The Hall–Kier alpha value is -3.87. The van der Waals surface area contributed by atoms with E-state index in [0.29, 0.717) is 37.5 Å². The lowest BCUT2D eigenvalue weighted by Crippen LogP contribution is -2.49. The molecule has 0 saturated carbocycles. The van der Waals surface area contributed by atoms with Crippen molar-refractivity contribution in [1.82, 2.24) is 14.9 Å². The molecular formula is C28H30N4O3. The highest BCUT2D eigenvalue weighted by Gasteiger charge is 2.29. The van der Waals surface area contributed by atoms with Crippen LogP contribution in [0.25, 0.3) is 11.0 Å². The topological polar surface area (TPSA) is 71.7 Å². The number of aryl methyl sites for hydroxylation is 1. The van der Waals surface area contributed by atoms with Gasteiger partial charge in [-0.15, -0.1) is 0 Å². The van der Waals surface area contributed by atoms with Gasteiger partial charge in [-0.1, -0.05) is 50.2 Å². The van der Waals surface area contributed by atoms with E-state index in [1.165, 1.54) is 0 Å². The van der Waals surface area contributed by atoms with E-state index in [1.54, 1.807) is 0 Å². The van der Waals surface area contributed by atoms with E-state index in [2.05, 4.69) is 23.7 Å². The largest absolute Gasteiger partial charge is 0.489 e. The normalized spacial score (nSPS) is 14.1. The molecule has 1 aliphatic heterocycles. The third-order valence-corrected chi connectivity index (χ3v) is 6.28. The van der Waals surface area contributed by atoms with Gasteiger partial charge < -0.3 is 19.0 Å². The second kappa shape index (κ2) is 9.78. The molecule has 1 fully saturated rings. The van der Waals surface area contributed by atoms with Crippen molar-refractivity contribution in [3.05, 3.63) is 83.5 Å². The van der Waals surface area contributed by atoms with Crippen molar-refractivity contribution in [2.24, 2.45) is 0 Å². The Labute approximate surface area is 205 Å². The van der Waals surface area contributed by atoms with Crippen LogP contribution in [0.1, 0.15) is 47.4 Å². The van der Waals surface area contributed by atoms with Crippen LogP contribution in [0.3, 0.4) is 0 Å². The lowest BCUT2D eigenvalue weighted by atomic mass is 10.1. The summed E-state index contributed by atoms with van der Waals surface area (Å²) in [5.74, 6) is 3.05. The monoisotopic (exact) mass is 470 g/mol. The molecule has 0 bridgehead atoms. The van der Waals surface area contributed by atoms with Gasteiger partial charge in [-0.2, -0.15) is 0 Å². The predicted molar refractivity (Wildman–Crippen MR) is 136 cm³/mol. The zero-order chi connectivity index (χ0) is 24.4. The van der Waals surface area contributed by atoms with Gasteiger partial charge in [0.15, 0.2) is 5.76 Å². The Bertz CT molecular complexity index is 1320. The molecule has 1 saturated heterocycles. The van der Waals surface area contributed by atoms with Gasteiger partial charge in [0, 0.05) is 54.8 Å². The highest BCUT2D eigenvalue weighted by Crippen LogP contribution is 2.29. The van der Waals surface area contributed by atoms with E-state index in [1.807, 2.05) is 72.5 Å². The summed E-state index contributed by atoms with van der Waals surface area (Å²) in [5.41, 5.74) is 2.44. The molecule has 7 nitrogen and oxygen atoms in total. The average molecular weight is 471 g/mol. The number of hydrogen-bond acceptors (Lipinski definition) is 6. The molecule has 2 aromatic carbocycles. The lowest BCUT2D eigenvalue weighted by molar-refractivity contribution is 0.0713. The van der Waals surface area contributed by atoms with Gasteiger partial charge in [0.25, 0.3) is 5.91 Å². The smallest absolute Gasteiger partial charge is 0.290 e. The molecule has 0 atom stereocenters. The van der Waals surface area contributed by atoms with Crippen LogP contribution < -0.4 is 9.64 Å². The van der Waals surface area contributed by atoms with Crippen LogP contribution in [0.2, 0.25) is 0 Å². The van der Waals surface area contributed by atoms with Crippen molar-refractivity contribution < 1.29 is 13.9 Å². The summed E-state index contributed by atoms with van der Waals surface area (Å²) in [6.45, 7) is 9.05. The summed E-state index contributed by atoms with van der Waals surface area (Å²) in [6, 6.07) is 19.4. The fourth-order valence-electron chi connectivity index (χ4n) is 4.36. The molecule has 35 heavy (non-hydrogen) atoms. The van der Waals surface area contributed by atoms with Crippen molar-refractivity contribution in [3.63, 3.8) is 0 Å². The molecule has 180 valence electrons. The number of para-hydroxylation sites is 2. The van der Waals surface area contributed by atoms with E-state index in [0.717, 1.165) is 34.0 Å². The fourth-order valence-corrected chi connectivity index (χ4v) is 4.36. The van der Waals surface area contributed by atoms with Gasteiger partial charge >= 0.3 is 0 Å². The first-order valence-corrected chi connectivity index (χ1v) is 12.1. The molecule has 5 rings (SSSR count). The van der Waals surface area contributed by atoms with Crippen LogP contribution in [-0.2, 0) is 6.61 Å². The van der Waals surface area contributed by atoms with Gasteiger partial charge in [-0.05, 0) is 25.1 Å². The summed E-state index contributed by atoms with van der Waals surface area (Å²) in [4.78, 5) is 27.0. The first kappa shape index (κ1) is 22.9. The highest BCUT2D eigenvalue weighted by atomic mass is 16.5. The maximum Gasteiger partial charge on any atom is 0.290 e. The number of carbonyl (C=O) groups excluding carboxylic acids is 1. The SMILES string of the molecule is Cc1cc(N2CCN(C(=O)c3oc4ccccc4c3COc3ccccc3)CC2)nc(C(C)C)n1. The minimum atomic E-state index is -0.103. The standard InChI is InChI=1S/C28H30N4O3/c1-19(2)27-29-20(3)17-25(30-27)31-13-15-32(16-14-31)28(33)26-23(18-34-21-9-5-4-6-10-21)22-11-7-8-12-24(22)35-26/h4-12,17,19H,13-16,18H2,1-3H3. The Morgan fingerprint density at radius 2 is 1.71 bits per heavy atom. The van der Waals surface area contributed by atoms with Crippen LogP contribution in [0.15, 0.2) is 65.1 Å². The van der Waals surface area contributed by atoms with Crippen LogP contribution >= 0.6 is 0 Å². The van der Waals surface area contributed by atoms with Crippen molar-refractivity contribution in [1.29, 1.82) is 0 Å². The molecule has 0 radical (unpaired) electrons. The number of aromatic nitrogens is 2. The van der Waals surface area contributed by atoms with E-state index < -0.39 is 0 Å². The molecule has 2 aromatic heterocycles. The molecule has 7 heteroatoms. The van der Waals surface area contributed by atoms with Crippen LogP contribution in [0.5, 0.6) is 5.75 Å². The highest BCUT2D eigenvalue weighted by molar-refractivity contribution is 5.99. The number of furan rings is 1. The van der Waals surface area contributed by atoms with E-state index in [4.69, 9.17) is 14.1 Å². The maximum atomic E-state index is 13.6. The zero-order valence-corrected chi connectivity index (χ0v) is 20.4. The van der Waals surface area contributed by atoms with Gasteiger partial charge in [0.2, 0.25) is 0 Å². The van der Waals surface area contributed by atoms with Crippen molar-refractivity contribution in [2.75, 3.05) is 31.1 Å². The maximum absolute atomic E-state index is 13.6. The average Bonchev–Trinajstić information content (AvgIpc) is 3.26. The predicted octanol–water partition coefficient (Wildman–Crippen LogP) is 5.20. The van der Waals surface area contributed by atoms with E-state index in [-0.39, 0.29) is 18.4 Å². The van der Waals surface area contributed by atoms with Crippen LogP contribution in [0, 0.1) is 6.92 Å². The summed E-state index contributed by atoms with van der Waals surface area (Å²) in [6.07, 6.45) is 0. The molecule has 0 N–H and O–H groups in total. The number of ether oxygens (including phenoxy) is 1. The number of carbonyl (C=O) groups is 1. The van der Waals surface area contributed by atoms with Crippen molar-refractivity contribution >= 4 is 22.7 Å². The Morgan fingerprint density at radius 3 is 2.46 bits per heavy atom. The van der Waals surface area contributed by atoms with Gasteiger partial charge in [0.05, 0.1) is 0 Å². The van der Waals surface area contributed by atoms with Gasteiger partial charge in [-0.25, -0.2) is 9.97 Å². The summed E-state index contributed by atoms with van der Waals surface area (Å²) >= 11 is 0. The van der Waals surface area contributed by atoms with Gasteiger partial charge in [-0.3, -0.25) is 4.79 Å². The number of benzene rings is 2. The van der Waals surface area contributed by atoms with Crippen molar-refractivity contribution in [3.8, 4) is 5.75 Å². The third kappa shape index (κ3) is 4.85. The number of nitrogens with zero attached hydrogens (tertiary/aromatic N) is 4. The quantitative estimate of drug-likeness (QED) is 0.386. The van der Waals surface area contributed by atoms with Gasteiger partial charge in [0.1, 0.15) is 29.6 Å². The Morgan fingerprint density at radius 1 is 1.00 bits per heavy atom. The first-order chi connectivity index (χ1) is 17.0. The molecule has 3 heterocycles. The number of rotatable bonds is 6. The third-order valence-electron chi connectivity index (χ3n) is 6.28. The molecule has 0 spiro atoms. The fraction of sp³-hybridized carbons (Fsp3) is 0.321. The summed E-state index contributed by atoms with van der Waals surface area (Å²) in [7, 11) is 0. The zero-order valence-electron chi connectivity index (χ0n) is 20.4. The summed E-state index contributed by atoms with van der Waals surface area (Å²) < 4.78 is 12.1. The molecule has 4 aromatic rings. The molecule has 1 amide bonds. The molecular weight excluding hydrogens is 440 g/mol. The number of fused-ring (bicyclic) bond motifs is 1. The van der Waals surface area contributed by atoms with E-state index >= 15 is 0 Å². The van der Waals surface area contributed by atoms with Crippen LogP contribution in [-0.4, -0.2) is 47.0 Å². The van der Waals surface area contributed by atoms with Crippen molar-refractivity contribution in [2.45, 2.75) is 33.3 Å². The molecule has 1 aliphatic rings. The number of piperazine rings is 1. The number of amides is 1. The Balaban J connectivity index is 1.34. The summed E-state index contributed by atoms with van der Waals surface area (Å²) in [5, 5.41) is 0.906. The molecule has 0 aliphatic carbocycles.